The summed E-state index contributed by atoms with van der Waals surface area (Å²) in [5.41, 5.74) is 4.94. The Hall–Kier alpha value is -1.63. The molecule has 0 aliphatic carbocycles. The van der Waals surface area contributed by atoms with Gasteiger partial charge in [-0.1, -0.05) is 55.8 Å². The van der Waals surface area contributed by atoms with E-state index in [9.17, 15) is 0 Å². The van der Waals surface area contributed by atoms with E-state index in [2.05, 4.69) is 69.1 Å². The van der Waals surface area contributed by atoms with Gasteiger partial charge in [-0.25, -0.2) is 0 Å². The van der Waals surface area contributed by atoms with Crippen molar-refractivity contribution in [3.8, 4) is 0 Å². The van der Waals surface area contributed by atoms with Crippen molar-refractivity contribution in [2.45, 2.75) is 34.1 Å². The van der Waals surface area contributed by atoms with E-state index in [0.717, 1.165) is 12.1 Å². The van der Waals surface area contributed by atoms with Crippen LogP contribution in [0.2, 0.25) is 0 Å². The molecule has 1 nitrogen and oxygen atoms in total. The van der Waals surface area contributed by atoms with Gasteiger partial charge in [-0.2, -0.15) is 0 Å². The van der Waals surface area contributed by atoms with Crippen LogP contribution in [0.3, 0.4) is 0 Å². The number of nitrogens with zero attached hydrogens (tertiary/aromatic N) is 1. The number of aliphatic imine (C=N–C) groups is 1. The molecule has 0 N–H and O–H groups in total. The van der Waals surface area contributed by atoms with Crippen molar-refractivity contribution >= 4 is 5.71 Å². The van der Waals surface area contributed by atoms with Crippen LogP contribution in [0.5, 0.6) is 0 Å². The van der Waals surface area contributed by atoms with E-state index in [4.69, 9.17) is 0 Å². The highest BCUT2D eigenvalue weighted by atomic mass is 14.7. The number of hydrogen-bond acceptors (Lipinski definition) is 1. The van der Waals surface area contributed by atoms with Crippen LogP contribution < -0.4 is 0 Å². The van der Waals surface area contributed by atoms with Crippen molar-refractivity contribution in [3.05, 3.63) is 59.2 Å². The van der Waals surface area contributed by atoms with E-state index < -0.39 is 0 Å². The van der Waals surface area contributed by atoms with E-state index in [-0.39, 0.29) is 0 Å². The fourth-order valence-electron chi connectivity index (χ4n) is 2.01. The Morgan fingerprint density at radius 2 is 1.84 bits per heavy atom. The minimum Gasteiger partial charge on any atom is -0.288 e. The Morgan fingerprint density at radius 3 is 2.32 bits per heavy atom. The van der Waals surface area contributed by atoms with Crippen LogP contribution in [0.1, 0.15) is 39.7 Å². The van der Waals surface area contributed by atoms with Gasteiger partial charge >= 0.3 is 0 Å². The number of hydrogen-bond donors (Lipinski definition) is 0. The summed E-state index contributed by atoms with van der Waals surface area (Å²) in [7, 11) is 1.86. The lowest BCUT2D eigenvalue weighted by atomic mass is 9.94. The van der Waals surface area contributed by atoms with Crippen molar-refractivity contribution in [2.24, 2.45) is 10.9 Å². The molecule has 0 fully saturated rings. The molecule has 1 aromatic carbocycles. The van der Waals surface area contributed by atoms with Crippen LogP contribution in [-0.2, 0) is 0 Å². The molecule has 1 rings (SSSR count). The van der Waals surface area contributed by atoms with Gasteiger partial charge < -0.3 is 0 Å². The van der Waals surface area contributed by atoms with Crippen LogP contribution in [0.15, 0.2) is 58.6 Å². The zero-order valence-electron chi connectivity index (χ0n) is 12.8. The quantitative estimate of drug-likeness (QED) is 0.516. The Labute approximate surface area is 117 Å². The lowest BCUT2D eigenvalue weighted by Gasteiger charge is -2.12. The van der Waals surface area contributed by atoms with Gasteiger partial charge in [0.2, 0.25) is 0 Å². The number of rotatable bonds is 5. The maximum atomic E-state index is 4.44. The summed E-state index contributed by atoms with van der Waals surface area (Å²) in [4.78, 5) is 4.44. The Morgan fingerprint density at radius 1 is 1.21 bits per heavy atom. The molecule has 0 saturated carbocycles. The van der Waals surface area contributed by atoms with E-state index in [1.54, 1.807) is 0 Å². The number of allylic oxidation sites excluding steroid dienone is 4. The molecular formula is C18H25N. The molecule has 1 heteroatoms. The molecule has 0 bridgehead atoms. The SMILES string of the molecule is C/C=C(C)\C(=C/C(=NC)c1ccccc1)CC(C)C. The molecule has 0 aliphatic rings. The predicted molar refractivity (Wildman–Crippen MR) is 85.9 cm³/mol. The average Bonchev–Trinajstić information content (AvgIpc) is 2.43. The minimum absolute atomic E-state index is 0.648. The summed E-state index contributed by atoms with van der Waals surface area (Å²) in [6.45, 7) is 8.77. The van der Waals surface area contributed by atoms with Crippen molar-refractivity contribution in [3.63, 3.8) is 0 Å². The molecule has 0 heterocycles. The fraction of sp³-hybridized carbons (Fsp3) is 0.389. The van der Waals surface area contributed by atoms with Crippen molar-refractivity contribution in [1.82, 2.24) is 0 Å². The van der Waals surface area contributed by atoms with Crippen molar-refractivity contribution in [2.75, 3.05) is 7.05 Å². The molecule has 0 amide bonds. The molecule has 0 saturated heterocycles. The smallest absolute Gasteiger partial charge is 0.0645 e. The monoisotopic (exact) mass is 255 g/mol. The third-order valence-corrected chi connectivity index (χ3v) is 3.19. The van der Waals surface area contributed by atoms with Gasteiger partial charge in [-0.15, -0.1) is 0 Å². The van der Waals surface area contributed by atoms with E-state index >= 15 is 0 Å². The van der Waals surface area contributed by atoms with Gasteiger partial charge in [0.15, 0.2) is 0 Å². The normalized spacial score (nSPS) is 14.1. The second-order valence-electron chi connectivity index (χ2n) is 5.21. The zero-order chi connectivity index (χ0) is 14.3. The maximum Gasteiger partial charge on any atom is 0.0645 e. The Kier molecular flexibility index (Phi) is 6.27. The van der Waals surface area contributed by atoms with Gasteiger partial charge in [0.1, 0.15) is 0 Å². The number of benzene rings is 1. The molecule has 0 unspecified atom stereocenters. The average molecular weight is 255 g/mol. The zero-order valence-corrected chi connectivity index (χ0v) is 12.8. The second kappa shape index (κ2) is 7.73. The predicted octanol–water partition coefficient (Wildman–Crippen LogP) is 5.04. The maximum absolute atomic E-state index is 4.44. The fourth-order valence-corrected chi connectivity index (χ4v) is 2.01. The second-order valence-corrected chi connectivity index (χ2v) is 5.21. The molecule has 0 aromatic heterocycles. The molecule has 0 radical (unpaired) electrons. The summed E-state index contributed by atoms with van der Waals surface area (Å²) in [5.74, 6) is 0.648. The molecule has 0 spiro atoms. The summed E-state index contributed by atoms with van der Waals surface area (Å²) in [6, 6.07) is 10.4. The van der Waals surface area contributed by atoms with Gasteiger partial charge in [0.05, 0.1) is 5.71 Å². The standard InChI is InChI=1S/C18H25N/c1-6-15(4)17(12-14(2)3)13-18(19-5)16-10-8-7-9-11-16/h6-11,13-14H,12H2,1-5H3/b15-6-,17-13-,19-18?. The minimum atomic E-state index is 0.648. The molecule has 0 aliphatic heterocycles. The topological polar surface area (TPSA) is 12.4 Å². The van der Waals surface area contributed by atoms with E-state index in [1.807, 2.05) is 13.1 Å². The van der Waals surface area contributed by atoms with Gasteiger partial charge in [-0.3, -0.25) is 4.99 Å². The first-order valence-corrected chi connectivity index (χ1v) is 6.94. The summed E-state index contributed by atoms with van der Waals surface area (Å²) in [5, 5.41) is 0. The molecular weight excluding hydrogens is 230 g/mol. The van der Waals surface area contributed by atoms with Crippen LogP contribution >= 0.6 is 0 Å². The van der Waals surface area contributed by atoms with Crippen LogP contribution in [-0.4, -0.2) is 12.8 Å². The lowest BCUT2D eigenvalue weighted by Crippen LogP contribution is -2.01. The highest BCUT2D eigenvalue weighted by Crippen LogP contribution is 2.20. The highest BCUT2D eigenvalue weighted by Gasteiger charge is 2.06. The van der Waals surface area contributed by atoms with Crippen LogP contribution in [0.4, 0.5) is 0 Å². The summed E-state index contributed by atoms with van der Waals surface area (Å²) < 4.78 is 0. The molecule has 0 atom stereocenters. The van der Waals surface area contributed by atoms with Crippen LogP contribution in [0, 0.1) is 5.92 Å². The third kappa shape index (κ3) is 4.86. The van der Waals surface area contributed by atoms with Gasteiger partial charge in [0, 0.05) is 7.05 Å². The Bertz CT molecular complexity index is 476. The van der Waals surface area contributed by atoms with E-state index in [0.29, 0.717) is 5.92 Å². The van der Waals surface area contributed by atoms with Crippen molar-refractivity contribution < 1.29 is 0 Å². The summed E-state index contributed by atoms with van der Waals surface area (Å²) in [6.07, 6.45) is 5.49. The first kappa shape index (κ1) is 15.4. The van der Waals surface area contributed by atoms with E-state index in [1.165, 1.54) is 16.7 Å². The van der Waals surface area contributed by atoms with Crippen LogP contribution in [0.25, 0.3) is 0 Å². The largest absolute Gasteiger partial charge is 0.288 e. The van der Waals surface area contributed by atoms with Crippen molar-refractivity contribution in [1.29, 1.82) is 0 Å². The lowest BCUT2D eigenvalue weighted by molar-refractivity contribution is 0.646. The first-order chi connectivity index (χ1) is 9.08. The molecule has 19 heavy (non-hydrogen) atoms. The third-order valence-electron chi connectivity index (χ3n) is 3.19. The molecule has 1 aromatic rings. The summed E-state index contributed by atoms with van der Waals surface area (Å²) >= 11 is 0. The van der Waals surface area contributed by atoms with Gasteiger partial charge in [0.25, 0.3) is 0 Å². The molecule has 102 valence electrons. The Balaban J connectivity index is 3.12. The highest BCUT2D eigenvalue weighted by molar-refractivity contribution is 6.09. The first-order valence-electron chi connectivity index (χ1n) is 6.94. The van der Waals surface area contributed by atoms with Gasteiger partial charge in [-0.05, 0) is 43.4 Å².